The summed E-state index contributed by atoms with van der Waals surface area (Å²) in [5, 5.41) is 11.6. The number of pyridine rings is 2. The van der Waals surface area contributed by atoms with Gasteiger partial charge >= 0.3 is 0 Å². The zero-order valence-corrected chi connectivity index (χ0v) is 21.0. The quantitative estimate of drug-likeness (QED) is 0.333. The molecule has 2 fully saturated rings. The van der Waals surface area contributed by atoms with Crippen LogP contribution in [0.3, 0.4) is 0 Å². The summed E-state index contributed by atoms with van der Waals surface area (Å²) >= 11 is 0. The zero-order chi connectivity index (χ0) is 27.3. The number of carbonyl (C=O) groups excluding carboxylic acids is 2. The Morgan fingerprint density at radius 1 is 1.10 bits per heavy atom. The smallest absolute Gasteiger partial charge is 0.272 e. The highest BCUT2D eigenvalue weighted by Crippen LogP contribution is 2.57. The third kappa shape index (κ3) is 4.57. The van der Waals surface area contributed by atoms with Gasteiger partial charge in [-0.15, -0.1) is 5.10 Å². The number of hydrogen-bond donors (Lipinski definition) is 2. The van der Waals surface area contributed by atoms with Crippen LogP contribution >= 0.6 is 0 Å². The minimum absolute atomic E-state index is 0.0193. The van der Waals surface area contributed by atoms with Crippen molar-refractivity contribution in [2.24, 2.45) is 11.1 Å². The van der Waals surface area contributed by atoms with Crippen LogP contribution in [0.2, 0.25) is 0 Å². The van der Waals surface area contributed by atoms with Crippen LogP contribution in [0.25, 0.3) is 11.0 Å². The predicted octanol–water partition coefficient (Wildman–Crippen LogP) is 2.85. The van der Waals surface area contributed by atoms with Crippen LogP contribution < -0.4 is 25.3 Å². The topological polar surface area (TPSA) is 134 Å². The molecule has 0 aromatic carbocycles. The fraction of sp³-hybridized carbons (Fsp3) is 0.385. The van der Waals surface area contributed by atoms with E-state index in [2.05, 4.69) is 15.5 Å². The second kappa shape index (κ2) is 9.40. The van der Waals surface area contributed by atoms with E-state index in [1.165, 1.54) is 27.5 Å². The first-order valence-electron chi connectivity index (χ1n) is 12.5. The van der Waals surface area contributed by atoms with E-state index in [-0.39, 0.29) is 40.7 Å². The Bertz CT molecular complexity index is 1570. The molecule has 4 aromatic heterocycles. The van der Waals surface area contributed by atoms with Crippen molar-refractivity contribution in [2.75, 3.05) is 13.7 Å². The number of carbonyl (C=O) groups is 2. The Labute approximate surface area is 220 Å². The number of nitrogens with zero attached hydrogens (tertiary/aromatic N) is 4. The Balaban J connectivity index is 1.04. The van der Waals surface area contributed by atoms with Crippen molar-refractivity contribution in [3.8, 4) is 17.4 Å². The summed E-state index contributed by atoms with van der Waals surface area (Å²) in [6.45, 7) is -0.712. The Morgan fingerprint density at radius 3 is 2.54 bits per heavy atom. The molecule has 4 heterocycles. The van der Waals surface area contributed by atoms with Gasteiger partial charge in [-0.2, -0.15) is 5.10 Å². The summed E-state index contributed by atoms with van der Waals surface area (Å²) in [4.78, 5) is 25.0. The number of ether oxygens (including phenoxy) is 3. The molecule has 1 spiro atoms. The maximum absolute atomic E-state index is 12.9. The number of amides is 2. The first-order chi connectivity index (χ1) is 18.7. The number of fused-ring (bicyclic) bond motifs is 2. The Kier molecular flexibility index (Phi) is 6.00. The molecule has 6 rings (SSSR count). The van der Waals surface area contributed by atoms with Gasteiger partial charge in [0.2, 0.25) is 5.88 Å². The van der Waals surface area contributed by atoms with Gasteiger partial charge in [0.25, 0.3) is 18.2 Å². The first-order valence-corrected chi connectivity index (χ1v) is 12.5. The molecule has 0 aliphatic heterocycles. The van der Waals surface area contributed by atoms with E-state index in [4.69, 9.17) is 19.9 Å². The van der Waals surface area contributed by atoms with Crippen LogP contribution in [0.1, 0.15) is 46.4 Å². The lowest BCUT2D eigenvalue weighted by Gasteiger charge is -2.57. The highest BCUT2D eigenvalue weighted by Gasteiger charge is 2.54. The van der Waals surface area contributed by atoms with Gasteiger partial charge in [-0.3, -0.25) is 9.59 Å². The first kappa shape index (κ1) is 24.9. The number of methoxy groups -OCH3 is 1. The lowest BCUT2D eigenvalue weighted by molar-refractivity contribution is -0.0848. The molecule has 2 amide bonds. The molecule has 0 bridgehead atoms. The monoisotopic (exact) mass is 540 g/mol. The van der Waals surface area contributed by atoms with Gasteiger partial charge in [0.05, 0.1) is 42.3 Å². The number of aromatic nitrogens is 4. The van der Waals surface area contributed by atoms with E-state index < -0.39 is 18.9 Å². The van der Waals surface area contributed by atoms with Gasteiger partial charge in [-0.1, -0.05) is 0 Å². The van der Waals surface area contributed by atoms with Crippen molar-refractivity contribution in [1.29, 1.82) is 0 Å². The lowest BCUT2D eigenvalue weighted by Crippen LogP contribution is -2.58. The van der Waals surface area contributed by atoms with Gasteiger partial charge in [0.15, 0.2) is 0 Å². The van der Waals surface area contributed by atoms with Gasteiger partial charge in [-0.05, 0) is 55.4 Å². The number of halogens is 2. The molecular formula is C26H26F2N6O5. The van der Waals surface area contributed by atoms with Gasteiger partial charge in [0, 0.05) is 6.04 Å². The standard InChI is InChI=1S/C26H26F2N6O5/c1-37-15-2-5-20-22(23(29)35)25(32-34(20)11-15)39-17-8-26(9-17)6-14(7-26)31-24(36)18-10-30-33-12-16(3-4-19(18)33)38-13-21(27)28/h2-5,10-12,14,17,21H,6-9,13H2,1H3,(H2,29,35)(H,31,36). The number of primary amides is 1. The summed E-state index contributed by atoms with van der Waals surface area (Å²) in [6, 6.07) is 6.61. The van der Waals surface area contributed by atoms with Crippen molar-refractivity contribution in [3.05, 3.63) is 54.0 Å². The molecule has 2 saturated carbocycles. The fourth-order valence-corrected chi connectivity index (χ4v) is 5.66. The highest BCUT2D eigenvalue weighted by molar-refractivity contribution is 6.02. The van der Waals surface area contributed by atoms with Crippen LogP contribution in [0.4, 0.5) is 8.78 Å². The predicted molar refractivity (Wildman–Crippen MR) is 134 cm³/mol. The van der Waals surface area contributed by atoms with Crippen LogP contribution in [-0.4, -0.2) is 63.3 Å². The molecule has 13 heteroatoms. The summed E-state index contributed by atoms with van der Waals surface area (Å²) in [7, 11) is 1.55. The van der Waals surface area contributed by atoms with Crippen molar-refractivity contribution < 1.29 is 32.6 Å². The minimum atomic E-state index is -2.58. The SMILES string of the molecule is COc1ccc2c(C(N)=O)c(OC3CC4(CC(NC(=O)c5cnn6cc(OCC(F)F)ccc56)C4)C3)nn2c1. The highest BCUT2D eigenvalue weighted by atomic mass is 19.3. The van der Waals surface area contributed by atoms with E-state index >= 15 is 0 Å². The molecule has 4 aromatic rings. The third-order valence-corrected chi connectivity index (χ3v) is 7.46. The minimum Gasteiger partial charge on any atom is -0.495 e. The second-order valence-corrected chi connectivity index (χ2v) is 10.1. The fourth-order valence-electron chi connectivity index (χ4n) is 5.66. The molecule has 0 saturated heterocycles. The van der Waals surface area contributed by atoms with Crippen molar-refractivity contribution in [1.82, 2.24) is 24.5 Å². The molecule has 11 nitrogen and oxygen atoms in total. The summed E-state index contributed by atoms with van der Waals surface area (Å²) in [5.74, 6) is 0.174. The number of hydrogen-bond acceptors (Lipinski definition) is 7. The van der Waals surface area contributed by atoms with Crippen LogP contribution in [-0.2, 0) is 0 Å². The molecule has 2 aliphatic carbocycles. The number of alkyl halides is 2. The number of rotatable bonds is 9. The average molecular weight is 541 g/mol. The molecule has 0 radical (unpaired) electrons. The molecule has 2 aliphatic rings. The largest absolute Gasteiger partial charge is 0.495 e. The van der Waals surface area contributed by atoms with Crippen LogP contribution in [0, 0.1) is 5.41 Å². The van der Waals surface area contributed by atoms with Gasteiger partial charge in [-0.25, -0.2) is 17.8 Å². The maximum atomic E-state index is 12.9. The molecular weight excluding hydrogens is 514 g/mol. The summed E-state index contributed by atoms with van der Waals surface area (Å²) in [6.07, 6.45) is 5.08. The van der Waals surface area contributed by atoms with Gasteiger partial charge < -0.3 is 25.3 Å². The van der Waals surface area contributed by atoms with Crippen LogP contribution in [0.15, 0.2) is 42.9 Å². The third-order valence-electron chi connectivity index (χ3n) is 7.46. The van der Waals surface area contributed by atoms with E-state index in [9.17, 15) is 18.4 Å². The Morgan fingerprint density at radius 2 is 1.82 bits per heavy atom. The second-order valence-electron chi connectivity index (χ2n) is 10.1. The zero-order valence-electron chi connectivity index (χ0n) is 21.0. The van der Waals surface area contributed by atoms with E-state index in [1.54, 1.807) is 31.5 Å². The summed E-state index contributed by atoms with van der Waals surface area (Å²) < 4.78 is 44.0. The van der Waals surface area contributed by atoms with Gasteiger partial charge in [0.1, 0.15) is 29.8 Å². The summed E-state index contributed by atoms with van der Waals surface area (Å²) in [5.41, 5.74) is 7.42. The molecule has 3 N–H and O–H groups in total. The van der Waals surface area contributed by atoms with Crippen LogP contribution in [0.5, 0.6) is 17.4 Å². The van der Waals surface area contributed by atoms with E-state index in [0.717, 1.165) is 25.7 Å². The molecule has 0 atom stereocenters. The van der Waals surface area contributed by atoms with Crippen molar-refractivity contribution in [3.63, 3.8) is 0 Å². The van der Waals surface area contributed by atoms with E-state index in [1.807, 2.05) is 0 Å². The van der Waals surface area contributed by atoms with E-state index in [0.29, 0.717) is 22.3 Å². The van der Waals surface area contributed by atoms with Crippen molar-refractivity contribution >= 4 is 22.8 Å². The maximum Gasteiger partial charge on any atom is 0.272 e. The number of nitrogens with two attached hydrogens (primary N) is 1. The number of nitrogens with one attached hydrogen (secondary N) is 1. The Hall–Kier alpha value is -4.42. The molecule has 0 unspecified atom stereocenters. The van der Waals surface area contributed by atoms with Crippen molar-refractivity contribution in [2.45, 2.75) is 44.3 Å². The molecule has 39 heavy (non-hydrogen) atoms. The normalized spacial score (nSPS) is 22.1. The molecule has 204 valence electrons. The average Bonchev–Trinajstić information content (AvgIpc) is 3.45. The lowest BCUT2D eigenvalue weighted by atomic mass is 9.53.